The number of fused-ring (bicyclic) bond motifs is 8. The Morgan fingerprint density at radius 3 is 1.54 bits per heavy atom. The molecule has 0 aliphatic heterocycles. The molecule has 0 aliphatic carbocycles. The maximum absolute atomic E-state index is 4.54. The van der Waals surface area contributed by atoms with Gasteiger partial charge in [-0.25, -0.2) is 4.99 Å². The molecule has 0 saturated heterocycles. The molecular weight excluding hydrogens is 633 g/mol. The van der Waals surface area contributed by atoms with E-state index in [1.54, 1.807) is 0 Å². The van der Waals surface area contributed by atoms with E-state index in [1.807, 2.05) is 13.0 Å². The van der Waals surface area contributed by atoms with E-state index in [4.69, 9.17) is 0 Å². The second-order valence-corrected chi connectivity index (χ2v) is 13.2. The normalized spacial score (nSPS) is 11.9. The average molecular weight is 667 g/mol. The first-order valence-electron chi connectivity index (χ1n) is 17.7. The second-order valence-electron chi connectivity index (χ2n) is 13.2. The first kappa shape index (κ1) is 30.0. The summed E-state index contributed by atoms with van der Waals surface area (Å²) in [5, 5.41) is 6.16. The molecule has 0 radical (unpaired) electrons. The lowest BCUT2D eigenvalue weighted by molar-refractivity contribution is 1.11. The van der Waals surface area contributed by atoms with Crippen LogP contribution in [-0.4, -0.2) is 20.4 Å². The van der Waals surface area contributed by atoms with Gasteiger partial charge in [0.05, 0.1) is 27.6 Å². The number of allylic oxidation sites excluding steroid dienone is 1. The number of para-hydroxylation sites is 4. The molecule has 0 atom stereocenters. The molecule has 52 heavy (non-hydrogen) atoms. The van der Waals surface area contributed by atoms with Gasteiger partial charge in [0.2, 0.25) is 0 Å². The van der Waals surface area contributed by atoms with E-state index in [-0.39, 0.29) is 0 Å². The van der Waals surface area contributed by atoms with Crippen LogP contribution in [0.15, 0.2) is 175 Å². The van der Waals surface area contributed by atoms with Crippen molar-refractivity contribution in [1.29, 1.82) is 0 Å². The number of hydrogen-bond acceptors (Lipinski definition) is 1. The molecule has 0 amide bonds. The monoisotopic (exact) mass is 666 g/mol. The molecule has 0 fully saturated rings. The van der Waals surface area contributed by atoms with Crippen LogP contribution in [0.1, 0.15) is 12.5 Å². The summed E-state index contributed by atoms with van der Waals surface area (Å²) in [4.78, 5) is 4.54. The Hall–Kier alpha value is -6.91. The first-order chi connectivity index (χ1) is 25.7. The Kier molecular flexibility index (Phi) is 6.83. The van der Waals surface area contributed by atoms with Gasteiger partial charge in [0.15, 0.2) is 0 Å². The van der Waals surface area contributed by atoms with Crippen LogP contribution in [0.5, 0.6) is 0 Å². The minimum Gasteiger partial charge on any atom is -0.309 e. The molecule has 10 rings (SSSR count). The number of aromatic nitrogens is 3. The second kappa shape index (κ2) is 11.9. The number of rotatable bonds is 6. The van der Waals surface area contributed by atoms with E-state index in [9.17, 15) is 0 Å². The SMILES string of the molecule is C=Nc1c(/C=C\C)c2cc(-c3ccc4c5c6c7ccccc7n(-c7ccccc7)c6ccc5n(-c5ccccc5)c4c3)ccc2n1-c1ccccc1. The predicted molar refractivity (Wildman–Crippen MR) is 221 cm³/mol. The highest BCUT2D eigenvalue weighted by atomic mass is 15.1. The standard InChI is InChI=1S/C48H34N4/c1-3-15-37-40-30-32(25-27-42(40)52(48(37)49-2)36-20-11-6-12-21-36)33-24-26-39-45(31-33)51(35-18-9-5-10-19-35)44-29-28-43-46(47(39)44)38-22-13-14-23-41(38)50(43)34-16-7-4-8-17-34/h3-31H,2H2,1H3/b15-3-. The fraction of sp³-hybridized carbons (Fsp3) is 0.0208. The van der Waals surface area contributed by atoms with Crippen LogP contribution in [0, 0.1) is 0 Å². The molecule has 0 saturated carbocycles. The van der Waals surface area contributed by atoms with Crippen molar-refractivity contribution in [3.05, 3.63) is 175 Å². The summed E-state index contributed by atoms with van der Waals surface area (Å²) < 4.78 is 7.03. The average Bonchev–Trinajstić information content (AvgIpc) is 3.83. The van der Waals surface area contributed by atoms with Gasteiger partial charge in [-0.05, 0) is 97.6 Å². The lowest BCUT2D eigenvalue weighted by atomic mass is 9.99. The molecular formula is C48H34N4. The van der Waals surface area contributed by atoms with E-state index >= 15 is 0 Å². The summed E-state index contributed by atoms with van der Waals surface area (Å²) in [6.07, 6.45) is 4.22. The van der Waals surface area contributed by atoms with E-state index in [0.29, 0.717) is 0 Å². The maximum atomic E-state index is 4.54. The molecule has 4 heteroatoms. The molecule has 246 valence electrons. The molecule has 0 aliphatic rings. The fourth-order valence-electron chi connectivity index (χ4n) is 8.26. The molecule has 3 heterocycles. The molecule has 0 spiro atoms. The number of nitrogens with zero attached hydrogens (tertiary/aromatic N) is 4. The zero-order chi connectivity index (χ0) is 34.8. The van der Waals surface area contributed by atoms with Gasteiger partial charge in [0, 0.05) is 49.6 Å². The van der Waals surface area contributed by atoms with E-state index in [2.05, 4.69) is 195 Å². The molecule has 0 N–H and O–H groups in total. The zero-order valence-corrected chi connectivity index (χ0v) is 28.7. The fourth-order valence-corrected chi connectivity index (χ4v) is 8.26. The lowest BCUT2D eigenvalue weighted by Gasteiger charge is -2.10. The van der Waals surface area contributed by atoms with Crippen molar-refractivity contribution >= 4 is 73.1 Å². The first-order valence-corrected chi connectivity index (χ1v) is 17.7. The van der Waals surface area contributed by atoms with Gasteiger partial charge < -0.3 is 9.13 Å². The Morgan fingerprint density at radius 2 is 0.923 bits per heavy atom. The van der Waals surface area contributed by atoms with Crippen molar-refractivity contribution in [3.8, 4) is 28.2 Å². The third-order valence-electron chi connectivity index (χ3n) is 10.4. The minimum absolute atomic E-state index is 0.842. The van der Waals surface area contributed by atoms with Crippen LogP contribution >= 0.6 is 0 Å². The number of aliphatic imine (C=N–C) groups is 1. The Labute approximate surface area is 301 Å². The predicted octanol–water partition coefficient (Wildman–Crippen LogP) is 12.9. The van der Waals surface area contributed by atoms with Crippen molar-refractivity contribution < 1.29 is 0 Å². The van der Waals surface area contributed by atoms with Crippen LogP contribution in [0.2, 0.25) is 0 Å². The zero-order valence-electron chi connectivity index (χ0n) is 28.7. The lowest BCUT2D eigenvalue weighted by Crippen LogP contribution is -1.94. The van der Waals surface area contributed by atoms with Crippen LogP contribution in [-0.2, 0) is 0 Å². The third-order valence-corrected chi connectivity index (χ3v) is 10.4. The summed E-state index contributed by atoms with van der Waals surface area (Å²) in [5.74, 6) is 0.842. The van der Waals surface area contributed by atoms with Gasteiger partial charge in [-0.1, -0.05) is 103 Å². The topological polar surface area (TPSA) is 27.1 Å². The summed E-state index contributed by atoms with van der Waals surface area (Å²) >= 11 is 0. The van der Waals surface area contributed by atoms with E-state index in [1.165, 1.54) is 43.6 Å². The van der Waals surface area contributed by atoms with Gasteiger partial charge >= 0.3 is 0 Å². The molecule has 7 aromatic carbocycles. The number of benzene rings is 7. The quantitative estimate of drug-likeness (QED) is 0.158. The molecule has 3 aromatic heterocycles. The van der Waals surface area contributed by atoms with E-state index < -0.39 is 0 Å². The molecule has 0 bridgehead atoms. The highest BCUT2D eigenvalue weighted by molar-refractivity contribution is 6.29. The number of hydrogen-bond donors (Lipinski definition) is 0. The van der Waals surface area contributed by atoms with Crippen molar-refractivity contribution in [2.24, 2.45) is 4.99 Å². The van der Waals surface area contributed by atoms with Crippen molar-refractivity contribution in [1.82, 2.24) is 13.7 Å². The molecule has 10 aromatic rings. The van der Waals surface area contributed by atoms with Gasteiger partial charge in [0.1, 0.15) is 5.82 Å². The van der Waals surface area contributed by atoms with Crippen molar-refractivity contribution in [2.45, 2.75) is 6.92 Å². The van der Waals surface area contributed by atoms with Gasteiger partial charge in [-0.3, -0.25) is 4.57 Å². The van der Waals surface area contributed by atoms with Gasteiger partial charge in [-0.2, -0.15) is 0 Å². The minimum atomic E-state index is 0.842. The van der Waals surface area contributed by atoms with Gasteiger partial charge in [0.25, 0.3) is 0 Å². The Balaban J connectivity index is 1.27. The highest BCUT2D eigenvalue weighted by Gasteiger charge is 2.22. The van der Waals surface area contributed by atoms with Gasteiger partial charge in [-0.15, -0.1) is 0 Å². The van der Waals surface area contributed by atoms with Crippen molar-refractivity contribution in [2.75, 3.05) is 0 Å². The van der Waals surface area contributed by atoms with Crippen LogP contribution < -0.4 is 0 Å². The summed E-state index contributed by atoms with van der Waals surface area (Å²) in [7, 11) is 0. The Bertz CT molecular complexity index is 3010. The van der Waals surface area contributed by atoms with Crippen LogP contribution in [0.25, 0.3) is 88.8 Å². The maximum Gasteiger partial charge on any atom is 0.144 e. The molecule has 4 nitrogen and oxygen atoms in total. The molecule has 0 unspecified atom stereocenters. The highest BCUT2D eigenvalue weighted by Crippen LogP contribution is 2.44. The smallest absolute Gasteiger partial charge is 0.144 e. The summed E-state index contributed by atoms with van der Waals surface area (Å²) in [6, 6.07) is 58.9. The summed E-state index contributed by atoms with van der Waals surface area (Å²) in [5.41, 5.74) is 12.6. The van der Waals surface area contributed by atoms with Crippen LogP contribution in [0.4, 0.5) is 5.82 Å². The third kappa shape index (κ3) is 4.38. The summed E-state index contributed by atoms with van der Waals surface area (Å²) in [6.45, 7) is 6.03. The Morgan fingerprint density at radius 1 is 0.442 bits per heavy atom. The largest absolute Gasteiger partial charge is 0.309 e. The van der Waals surface area contributed by atoms with Crippen LogP contribution in [0.3, 0.4) is 0 Å². The van der Waals surface area contributed by atoms with E-state index in [0.717, 1.165) is 50.5 Å². The van der Waals surface area contributed by atoms with Crippen molar-refractivity contribution in [3.63, 3.8) is 0 Å².